The molecule has 11 heteroatoms. The average Bonchev–Trinajstić information content (AvgIpc) is 3.26. The number of hydrogen-bond acceptors (Lipinski definition) is 5. The van der Waals surface area contributed by atoms with Gasteiger partial charge in [0, 0.05) is 49.6 Å². The number of ether oxygens (including phenoxy) is 2. The Morgan fingerprint density at radius 1 is 0.978 bits per heavy atom. The Labute approximate surface area is 260 Å². The minimum absolute atomic E-state index is 0.176. The summed E-state index contributed by atoms with van der Waals surface area (Å²) in [4.78, 5) is 19.7. The first-order chi connectivity index (χ1) is 21.7. The summed E-state index contributed by atoms with van der Waals surface area (Å²) in [6.45, 7) is 3.29. The van der Waals surface area contributed by atoms with Crippen LogP contribution >= 0.6 is 0 Å². The fraction of sp³-hybridized carbons (Fsp3) is 0.441. The summed E-state index contributed by atoms with van der Waals surface area (Å²) < 4.78 is 65.3. The monoisotopic (exact) mass is 626 g/mol. The highest BCUT2D eigenvalue weighted by Crippen LogP contribution is 2.41. The van der Waals surface area contributed by atoms with E-state index in [-0.39, 0.29) is 29.8 Å². The molecule has 0 radical (unpaired) electrons. The van der Waals surface area contributed by atoms with Crippen LogP contribution in [0.1, 0.15) is 36.8 Å². The largest absolute Gasteiger partial charge is 0.497 e. The van der Waals surface area contributed by atoms with Crippen LogP contribution in [-0.2, 0) is 17.5 Å². The van der Waals surface area contributed by atoms with E-state index in [9.17, 15) is 18.0 Å². The maximum atomic E-state index is 15.5. The number of morpholine rings is 1. The Kier molecular flexibility index (Phi) is 9.18. The molecule has 3 saturated heterocycles. The summed E-state index contributed by atoms with van der Waals surface area (Å²) in [6.07, 6.45) is -0.659. The number of rotatable bonds is 8. The van der Waals surface area contributed by atoms with Crippen LogP contribution < -0.4 is 19.9 Å². The number of nitrogens with zero attached hydrogens (tertiary/aromatic N) is 3. The molecule has 3 fully saturated rings. The highest BCUT2D eigenvalue weighted by Gasteiger charge is 2.41. The quantitative estimate of drug-likeness (QED) is 0.269. The molecular weight excluding hydrogens is 588 g/mol. The molecule has 2 amide bonds. The second-order valence-corrected chi connectivity index (χ2v) is 12.1. The molecule has 0 aliphatic carbocycles. The van der Waals surface area contributed by atoms with Crippen molar-refractivity contribution in [1.82, 2.24) is 4.90 Å². The van der Waals surface area contributed by atoms with Crippen LogP contribution in [0.2, 0.25) is 0 Å². The number of methoxy groups -OCH3 is 1. The lowest BCUT2D eigenvalue weighted by molar-refractivity contribution is -0.137. The van der Waals surface area contributed by atoms with Crippen LogP contribution in [-0.4, -0.2) is 63.0 Å². The van der Waals surface area contributed by atoms with Crippen LogP contribution in [0, 0.1) is 11.7 Å². The summed E-state index contributed by atoms with van der Waals surface area (Å²) in [5, 5.41) is 2.96. The number of carbonyl (C=O) groups excluding carboxylic acids is 1. The molecule has 3 aromatic rings. The van der Waals surface area contributed by atoms with Crippen LogP contribution in [0.15, 0.2) is 66.7 Å². The second kappa shape index (κ2) is 13.3. The molecule has 7 nitrogen and oxygen atoms in total. The first-order valence-corrected chi connectivity index (χ1v) is 15.4. The topological polar surface area (TPSA) is 57.3 Å². The lowest BCUT2D eigenvalue weighted by Crippen LogP contribution is -2.47. The number of amides is 2. The molecule has 2 atom stereocenters. The normalized spacial score (nSPS) is 21.9. The SMILES string of the molecule is COc1ccc(NC(=O)N(CC2CC3CCC(C2)N3Cc2ccc(C(F)(F)F)cc2)c2ccc(N3CCOCC3)c(F)c2)cc1. The predicted molar refractivity (Wildman–Crippen MR) is 165 cm³/mol. The molecule has 3 heterocycles. The molecule has 2 unspecified atom stereocenters. The van der Waals surface area contributed by atoms with Crippen LogP contribution in [0.4, 0.5) is 39.4 Å². The van der Waals surface area contributed by atoms with Gasteiger partial charge in [0.2, 0.25) is 0 Å². The van der Waals surface area contributed by atoms with E-state index in [2.05, 4.69) is 10.2 Å². The molecule has 3 aliphatic heterocycles. The number of nitrogens with one attached hydrogen (secondary N) is 1. The van der Waals surface area contributed by atoms with Crippen molar-refractivity contribution in [3.63, 3.8) is 0 Å². The predicted octanol–water partition coefficient (Wildman–Crippen LogP) is 7.17. The van der Waals surface area contributed by atoms with Crippen molar-refractivity contribution in [3.05, 3.63) is 83.7 Å². The number of urea groups is 1. The summed E-state index contributed by atoms with van der Waals surface area (Å²) in [7, 11) is 1.58. The fourth-order valence-corrected chi connectivity index (χ4v) is 6.96. The zero-order valence-corrected chi connectivity index (χ0v) is 25.2. The van der Waals surface area contributed by atoms with Gasteiger partial charge in [-0.3, -0.25) is 9.80 Å². The van der Waals surface area contributed by atoms with Gasteiger partial charge < -0.3 is 19.7 Å². The molecular formula is C34H38F4N4O3. The van der Waals surface area contributed by atoms with Crippen LogP contribution in [0.5, 0.6) is 5.75 Å². The molecule has 0 saturated carbocycles. The van der Waals surface area contributed by atoms with Gasteiger partial charge in [-0.2, -0.15) is 13.2 Å². The van der Waals surface area contributed by atoms with Crippen molar-refractivity contribution in [3.8, 4) is 5.75 Å². The van der Waals surface area contributed by atoms with E-state index in [1.165, 1.54) is 6.07 Å². The van der Waals surface area contributed by atoms with Gasteiger partial charge in [0.05, 0.1) is 31.6 Å². The Balaban J connectivity index is 1.18. The van der Waals surface area contributed by atoms with Crippen molar-refractivity contribution in [1.29, 1.82) is 0 Å². The summed E-state index contributed by atoms with van der Waals surface area (Å²) in [5.74, 6) is 0.460. The maximum Gasteiger partial charge on any atom is 0.416 e. The van der Waals surface area contributed by atoms with Crippen molar-refractivity contribution in [2.75, 3.05) is 55.1 Å². The van der Waals surface area contributed by atoms with Gasteiger partial charge in [-0.05, 0) is 91.8 Å². The number of halogens is 4. The van der Waals surface area contributed by atoms with Crippen molar-refractivity contribution in [2.24, 2.45) is 5.92 Å². The lowest BCUT2D eigenvalue weighted by Gasteiger charge is -2.40. The number of carbonyl (C=O) groups is 1. The molecule has 1 N–H and O–H groups in total. The smallest absolute Gasteiger partial charge is 0.416 e. The van der Waals surface area contributed by atoms with Gasteiger partial charge in [-0.25, -0.2) is 9.18 Å². The van der Waals surface area contributed by atoms with Gasteiger partial charge in [0.25, 0.3) is 0 Å². The Hall–Kier alpha value is -3.83. The number of hydrogen-bond donors (Lipinski definition) is 1. The van der Waals surface area contributed by atoms with Crippen LogP contribution in [0.3, 0.4) is 0 Å². The first kappa shape index (κ1) is 31.2. The van der Waals surface area contributed by atoms with Gasteiger partial charge in [-0.1, -0.05) is 12.1 Å². The summed E-state index contributed by atoms with van der Waals surface area (Å²) in [6, 6.07) is 17.6. The summed E-state index contributed by atoms with van der Waals surface area (Å²) >= 11 is 0. The zero-order valence-electron chi connectivity index (χ0n) is 25.2. The molecule has 45 heavy (non-hydrogen) atoms. The standard InChI is InChI=1S/C34H38F4N4O3/c1-44-30-11-6-26(7-12-30)39-33(43)42(29-10-13-32(31(35)20-29)40-14-16-45-17-15-40)22-24-18-27-8-9-28(19-24)41(27)21-23-2-4-25(5-3-23)34(36,37)38/h2-7,10-13,20,24,27-28H,8-9,14-19,21-22H2,1H3,(H,39,43). The fourth-order valence-electron chi connectivity index (χ4n) is 6.96. The number of anilines is 3. The van der Waals surface area contributed by atoms with Gasteiger partial charge in [-0.15, -0.1) is 0 Å². The highest BCUT2D eigenvalue weighted by atomic mass is 19.4. The first-order valence-electron chi connectivity index (χ1n) is 15.4. The number of piperidine rings is 1. The third-order valence-corrected chi connectivity index (χ3v) is 9.25. The van der Waals surface area contributed by atoms with E-state index in [4.69, 9.17) is 9.47 Å². The minimum Gasteiger partial charge on any atom is -0.497 e. The minimum atomic E-state index is -4.35. The Morgan fingerprint density at radius 3 is 2.24 bits per heavy atom. The molecule has 240 valence electrons. The third-order valence-electron chi connectivity index (χ3n) is 9.25. The van der Waals surface area contributed by atoms with E-state index in [0.717, 1.165) is 43.4 Å². The number of fused-ring (bicyclic) bond motifs is 2. The molecule has 0 spiro atoms. The van der Waals surface area contributed by atoms with E-state index in [0.29, 0.717) is 62.2 Å². The van der Waals surface area contributed by atoms with Crippen LogP contribution in [0.25, 0.3) is 0 Å². The Morgan fingerprint density at radius 2 is 1.64 bits per heavy atom. The maximum absolute atomic E-state index is 15.5. The van der Waals surface area contributed by atoms with E-state index < -0.39 is 11.7 Å². The van der Waals surface area contributed by atoms with Gasteiger partial charge in [0.1, 0.15) is 11.6 Å². The van der Waals surface area contributed by atoms with Crippen molar-refractivity contribution < 1.29 is 31.8 Å². The Bertz CT molecular complexity index is 1450. The van der Waals surface area contributed by atoms with Gasteiger partial charge in [0.15, 0.2) is 0 Å². The molecule has 3 aromatic carbocycles. The molecule has 2 bridgehead atoms. The molecule has 6 rings (SSSR count). The van der Waals surface area contributed by atoms with E-state index in [1.54, 1.807) is 60.5 Å². The van der Waals surface area contributed by atoms with Gasteiger partial charge >= 0.3 is 12.2 Å². The average molecular weight is 627 g/mol. The number of benzene rings is 3. The second-order valence-electron chi connectivity index (χ2n) is 12.1. The van der Waals surface area contributed by atoms with Crippen molar-refractivity contribution in [2.45, 2.75) is 50.5 Å². The summed E-state index contributed by atoms with van der Waals surface area (Å²) in [5.41, 5.74) is 1.79. The lowest BCUT2D eigenvalue weighted by atomic mass is 9.89. The number of alkyl halides is 3. The molecule has 3 aliphatic rings. The highest BCUT2D eigenvalue weighted by molar-refractivity contribution is 6.01. The third kappa shape index (κ3) is 7.20. The van der Waals surface area contributed by atoms with E-state index in [1.807, 2.05) is 4.90 Å². The zero-order chi connectivity index (χ0) is 31.6. The van der Waals surface area contributed by atoms with Crippen molar-refractivity contribution >= 4 is 23.1 Å². The van der Waals surface area contributed by atoms with E-state index >= 15 is 4.39 Å². The molecule has 0 aromatic heterocycles.